The number of thiophene rings is 1. The second kappa shape index (κ2) is 5.91. The van der Waals surface area contributed by atoms with Gasteiger partial charge in [-0.05, 0) is 39.3 Å². The van der Waals surface area contributed by atoms with Crippen molar-refractivity contribution in [1.29, 1.82) is 0 Å². The van der Waals surface area contributed by atoms with Crippen LogP contribution in [0.1, 0.15) is 29.6 Å². The van der Waals surface area contributed by atoms with Gasteiger partial charge in [0.15, 0.2) is 0 Å². The third kappa shape index (κ3) is 2.79. The van der Waals surface area contributed by atoms with Gasteiger partial charge in [0, 0.05) is 24.5 Å². The van der Waals surface area contributed by atoms with E-state index >= 15 is 0 Å². The third-order valence-electron chi connectivity index (χ3n) is 5.14. The standard InChI is InChI=1S/C17H24N4O2S/c1-10-6-21(9-17(23-10)4-5-18-8-17)7-13-19-15(22)14-11(2)12(3)24-16(14)20-13/h10,18H,4-9H2,1-3H3,(H,19,20,22). The van der Waals surface area contributed by atoms with E-state index in [1.807, 2.05) is 13.8 Å². The van der Waals surface area contributed by atoms with Gasteiger partial charge >= 0.3 is 0 Å². The van der Waals surface area contributed by atoms with Gasteiger partial charge in [-0.2, -0.15) is 0 Å². The number of aryl methyl sites for hydroxylation is 2. The highest BCUT2D eigenvalue weighted by Crippen LogP contribution is 2.29. The van der Waals surface area contributed by atoms with Crippen molar-refractivity contribution in [3.63, 3.8) is 0 Å². The highest BCUT2D eigenvalue weighted by atomic mass is 32.1. The fourth-order valence-electron chi connectivity index (χ4n) is 4.00. The first-order valence-corrected chi connectivity index (χ1v) is 9.37. The minimum absolute atomic E-state index is 0.0181. The number of nitrogens with one attached hydrogen (secondary N) is 2. The van der Waals surface area contributed by atoms with Crippen LogP contribution in [-0.4, -0.2) is 52.8 Å². The summed E-state index contributed by atoms with van der Waals surface area (Å²) in [4.78, 5) is 24.5. The molecule has 24 heavy (non-hydrogen) atoms. The van der Waals surface area contributed by atoms with E-state index in [9.17, 15) is 4.79 Å². The maximum Gasteiger partial charge on any atom is 0.259 e. The third-order valence-corrected chi connectivity index (χ3v) is 6.25. The van der Waals surface area contributed by atoms with Crippen LogP contribution in [0.4, 0.5) is 0 Å². The maximum atomic E-state index is 12.4. The molecule has 7 heteroatoms. The average Bonchev–Trinajstić information content (AvgIpc) is 3.03. The van der Waals surface area contributed by atoms with Crippen LogP contribution in [0, 0.1) is 13.8 Å². The van der Waals surface area contributed by atoms with Gasteiger partial charge in [0.2, 0.25) is 0 Å². The molecular weight excluding hydrogens is 324 g/mol. The van der Waals surface area contributed by atoms with Gasteiger partial charge in [-0.15, -0.1) is 11.3 Å². The van der Waals surface area contributed by atoms with E-state index in [1.54, 1.807) is 11.3 Å². The summed E-state index contributed by atoms with van der Waals surface area (Å²) in [6.45, 7) is 10.5. The quantitative estimate of drug-likeness (QED) is 0.862. The smallest absolute Gasteiger partial charge is 0.259 e. The second-order valence-electron chi connectivity index (χ2n) is 7.18. The number of aromatic nitrogens is 2. The number of morpholine rings is 1. The van der Waals surface area contributed by atoms with Gasteiger partial charge in [-0.1, -0.05) is 0 Å². The molecule has 1 spiro atoms. The Kier molecular flexibility index (Phi) is 3.99. The summed E-state index contributed by atoms with van der Waals surface area (Å²) < 4.78 is 6.22. The summed E-state index contributed by atoms with van der Waals surface area (Å²) in [7, 11) is 0. The molecule has 0 amide bonds. The van der Waals surface area contributed by atoms with Crippen molar-refractivity contribution in [2.45, 2.75) is 45.4 Å². The summed E-state index contributed by atoms with van der Waals surface area (Å²) in [5.41, 5.74) is 0.944. The van der Waals surface area contributed by atoms with Crippen molar-refractivity contribution in [2.24, 2.45) is 0 Å². The van der Waals surface area contributed by atoms with Gasteiger partial charge < -0.3 is 15.0 Å². The molecule has 0 aromatic carbocycles. The van der Waals surface area contributed by atoms with E-state index in [4.69, 9.17) is 9.72 Å². The minimum Gasteiger partial charge on any atom is -0.368 e. The Hall–Kier alpha value is -1.28. The molecule has 0 radical (unpaired) electrons. The lowest BCUT2D eigenvalue weighted by Crippen LogP contribution is -2.55. The van der Waals surface area contributed by atoms with Crippen LogP contribution in [0.25, 0.3) is 10.2 Å². The summed E-state index contributed by atoms with van der Waals surface area (Å²) in [6.07, 6.45) is 1.24. The van der Waals surface area contributed by atoms with E-state index in [0.717, 1.165) is 59.1 Å². The Bertz CT molecular complexity index is 822. The highest BCUT2D eigenvalue weighted by molar-refractivity contribution is 7.18. The zero-order valence-corrected chi connectivity index (χ0v) is 15.3. The summed E-state index contributed by atoms with van der Waals surface area (Å²) in [5.74, 6) is 0.754. The molecule has 0 aliphatic carbocycles. The number of nitrogens with zero attached hydrogens (tertiary/aromatic N) is 2. The van der Waals surface area contributed by atoms with Gasteiger partial charge in [-0.25, -0.2) is 4.98 Å². The molecule has 2 saturated heterocycles. The van der Waals surface area contributed by atoms with Crippen molar-refractivity contribution < 1.29 is 4.74 Å². The van der Waals surface area contributed by atoms with Gasteiger partial charge in [0.25, 0.3) is 5.56 Å². The first kappa shape index (κ1) is 16.2. The number of aromatic amines is 1. The van der Waals surface area contributed by atoms with Crippen LogP contribution in [0.3, 0.4) is 0 Å². The van der Waals surface area contributed by atoms with Crippen LogP contribution in [0.5, 0.6) is 0 Å². The molecule has 130 valence electrons. The lowest BCUT2D eigenvalue weighted by atomic mass is 9.99. The molecule has 4 rings (SSSR count). The number of ether oxygens (including phenoxy) is 1. The highest BCUT2D eigenvalue weighted by Gasteiger charge is 2.41. The van der Waals surface area contributed by atoms with Gasteiger partial charge in [0.1, 0.15) is 10.7 Å². The SMILES string of the molecule is Cc1sc2nc(CN3CC(C)OC4(CCNC4)C3)[nH]c(=O)c2c1C. The topological polar surface area (TPSA) is 70.2 Å². The van der Waals surface area contributed by atoms with Crippen molar-refractivity contribution >= 4 is 21.6 Å². The summed E-state index contributed by atoms with van der Waals surface area (Å²) >= 11 is 1.60. The molecule has 2 aromatic rings. The van der Waals surface area contributed by atoms with E-state index in [0.29, 0.717) is 6.54 Å². The molecule has 4 heterocycles. The van der Waals surface area contributed by atoms with E-state index in [-0.39, 0.29) is 17.3 Å². The largest absolute Gasteiger partial charge is 0.368 e. The lowest BCUT2D eigenvalue weighted by Gasteiger charge is -2.43. The molecule has 2 unspecified atom stereocenters. The predicted octanol–water partition coefficient (Wildman–Crippen LogP) is 1.55. The molecule has 0 bridgehead atoms. The molecular formula is C17H24N4O2S. The Labute approximate surface area is 145 Å². The number of fused-ring (bicyclic) bond motifs is 1. The van der Waals surface area contributed by atoms with Gasteiger partial charge in [-0.3, -0.25) is 9.69 Å². The van der Waals surface area contributed by atoms with E-state index in [1.165, 1.54) is 0 Å². The zero-order chi connectivity index (χ0) is 16.9. The second-order valence-corrected chi connectivity index (χ2v) is 8.39. The molecule has 2 aromatic heterocycles. The van der Waals surface area contributed by atoms with Crippen LogP contribution < -0.4 is 10.9 Å². The lowest BCUT2D eigenvalue weighted by molar-refractivity contribution is -0.139. The molecule has 2 N–H and O–H groups in total. The van der Waals surface area contributed by atoms with E-state index in [2.05, 4.69) is 22.1 Å². The van der Waals surface area contributed by atoms with Crippen LogP contribution in [-0.2, 0) is 11.3 Å². The number of H-pyrrole nitrogens is 1. The normalized spacial score (nSPS) is 28.2. The molecule has 2 aliphatic rings. The average molecular weight is 348 g/mol. The van der Waals surface area contributed by atoms with Gasteiger partial charge in [0.05, 0.1) is 23.6 Å². The molecule has 2 aliphatic heterocycles. The zero-order valence-electron chi connectivity index (χ0n) is 14.4. The van der Waals surface area contributed by atoms with Crippen molar-refractivity contribution in [3.05, 3.63) is 26.6 Å². The Morgan fingerprint density at radius 1 is 1.46 bits per heavy atom. The minimum atomic E-state index is -0.0851. The predicted molar refractivity (Wildman–Crippen MR) is 95.8 cm³/mol. The number of hydrogen-bond donors (Lipinski definition) is 2. The van der Waals surface area contributed by atoms with Crippen molar-refractivity contribution in [3.8, 4) is 0 Å². The van der Waals surface area contributed by atoms with E-state index < -0.39 is 0 Å². The van der Waals surface area contributed by atoms with Crippen LogP contribution >= 0.6 is 11.3 Å². The summed E-state index contributed by atoms with van der Waals surface area (Å²) in [6, 6.07) is 0. The number of rotatable bonds is 2. The monoisotopic (exact) mass is 348 g/mol. The fraction of sp³-hybridized carbons (Fsp3) is 0.647. The first-order valence-electron chi connectivity index (χ1n) is 8.56. The van der Waals surface area contributed by atoms with Crippen LogP contribution in [0.2, 0.25) is 0 Å². The Balaban J connectivity index is 1.60. The Morgan fingerprint density at radius 3 is 3.04 bits per heavy atom. The first-order chi connectivity index (χ1) is 11.5. The molecule has 2 atom stereocenters. The number of hydrogen-bond acceptors (Lipinski definition) is 6. The maximum absolute atomic E-state index is 12.4. The van der Waals surface area contributed by atoms with Crippen LogP contribution in [0.15, 0.2) is 4.79 Å². The molecule has 2 fully saturated rings. The fourth-order valence-corrected chi connectivity index (χ4v) is 5.05. The summed E-state index contributed by atoms with van der Waals surface area (Å²) in [5, 5.41) is 4.15. The Morgan fingerprint density at radius 2 is 2.29 bits per heavy atom. The molecule has 6 nitrogen and oxygen atoms in total. The molecule has 0 saturated carbocycles. The van der Waals surface area contributed by atoms with Crippen molar-refractivity contribution in [1.82, 2.24) is 20.2 Å². The van der Waals surface area contributed by atoms with Crippen molar-refractivity contribution in [2.75, 3.05) is 26.2 Å².